The second kappa shape index (κ2) is 5.03. The van der Waals surface area contributed by atoms with E-state index in [1.54, 1.807) is 6.08 Å². The summed E-state index contributed by atoms with van der Waals surface area (Å²) >= 11 is 0. The van der Waals surface area contributed by atoms with E-state index in [-0.39, 0.29) is 0 Å². The molecule has 0 spiro atoms. The smallest absolute Gasteiger partial charge is 0.161 e. The Balaban J connectivity index is 2.13. The van der Waals surface area contributed by atoms with Gasteiger partial charge in [-0.1, -0.05) is 12.1 Å². The van der Waals surface area contributed by atoms with Crippen molar-refractivity contribution in [2.45, 2.75) is 18.9 Å². The first-order valence-electron chi connectivity index (χ1n) is 5.50. The van der Waals surface area contributed by atoms with Crippen LogP contribution in [0.1, 0.15) is 24.5 Å². The van der Waals surface area contributed by atoms with Crippen molar-refractivity contribution in [2.24, 2.45) is 0 Å². The molecule has 0 amide bonds. The Morgan fingerprint density at radius 2 is 2.06 bits per heavy atom. The van der Waals surface area contributed by atoms with Crippen LogP contribution in [0.3, 0.4) is 0 Å². The molecule has 1 aromatic carbocycles. The summed E-state index contributed by atoms with van der Waals surface area (Å²) < 4.78 is 10.9. The van der Waals surface area contributed by atoms with Crippen molar-refractivity contribution in [3.8, 4) is 11.5 Å². The Morgan fingerprint density at radius 3 is 2.81 bits per heavy atom. The third-order valence-electron chi connectivity index (χ3n) is 2.60. The molecule has 1 unspecified atom stereocenters. The lowest BCUT2D eigenvalue weighted by molar-refractivity contribution is 0.160. The van der Waals surface area contributed by atoms with Crippen LogP contribution in [0.5, 0.6) is 11.5 Å². The van der Waals surface area contributed by atoms with Gasteiger partial charge in [0.05, 0.1) is 6.10 Å². The molecule has 2 rings (SSSR count). The summed E-state index contributed by atoms with van der Waals surface area (Å²) in [5.41, 5.74) is 0.867. The number of aliphatic hydroxyl groups is 1. The summed E-state index contributed by atoms with van der Waals surface area (Å²) in [4.78, 5) is 0. The quantitative estimate of drug-likeness (QED) is 0.792. The highest BCUT2D eigenvalue weighted by atomic mass is 16.6. The van der Waals surface area contributed by atoms with Crippen LogP contribution in [0.15, 0.2) is 30.9 Å². The van der Waals surface area contributed by atoms with E-state index in [0.29, 0.717) is 19.6 Å². The Kier molecular flexibility index (Phi) is 3.47. The number of fused-ring (bicyclic) bond motifs is 1. The van der Waals surface area contributed by atoms with Gasteiger partial charge in [0, 0.05) is 0 Å². The van der Waals surface area contributed by atoms with Gasteiger partial charge < -0.3 is 14.6 Å². The molecule has 1 heterocycles. The Hall–Kier alpha value is -1.48. The fraction of sp³-hybridized carbons (Fsp3) is 0.385. The lowest BCUT2D eigenvalue weighted by Gasteiger charge is -2.20. The summed E-state index contributed by atoms with van der Waals surface area (Å²) in [6.07, 6.45) is 2.83. The minimum atomic E-state index is -0.464. The summed E-state index contributed by atoms with van der Waals surface area (Å²) in [5, 5.41) is 9.91. The predicted octanol–water partition coefficient (Wildman–Crippen LogP) is 2.46. The molecule has 0 radical (unpaired) electrons. The lowest BCUT2D eigenvalue weighted by Crippen LogP contribution is -2.15. The largest absolute Gasteiger partial charge is 0.486 e. The molecule has 0 bridgehead atoms. The third-order valence-corrected chi connectivity index (χ3v) is 2.60. The molecular weight excluding hydrogens is 204 g/mol. The Morgan fingerprint density at radius 1 is 1.31 bits per heavy atom. The second-order valence-electron chi connectivity index (χ2n) is 3.78. The van der Waals surface area contributed by atoms with Crippen LogP contribution in [-0.4, -0.2) is 18.3 Å². The highest BCUT2D eigenvalue weighted by Crippen LogP contribution is 2.33. The fourth-order valence-corrected chi connectivity index (χ4v) is 1.71. The van der Waals surface area contributed by atoms with Crippen LogP contribution in [0.2, 0.25) is 0 Å². The molecule has 1 aliphatic heterocycles. The minimum Gasteiger partial charge on any atom is -0.486 e. The van der Waals surface area contributed by atoms with Crippen LogP contribution in [0.25, 0.3) is 0 Å². The molecule has 1 atom stereocenters. The lowest BCUT2D eigenvalue weighted by atomic mass is 10.0. The normalized spacial score (nSPS) is 15.6. The molecule has 3 nitrogen and oxygen atoms in total. The number of ether oxygens (including phenoxy) is 2. The molecule has 0 saturated carbocycles. The van der Waals surface area contributed by atoms with Crippen molar-refractivity contribution >= 4 is 0 Å². The van der Waals surface area contributed by atoms with Crippen molar-refractivity contribution in [3.63, 3.8) is 0 Å². The van der Waals surface area contributed by atoms with Gasteiger partial charge in [-0.25, -0.2) is 0 Å². The maximum atomic E-state index is 9.91. The van der Waals surface area contributed by atoms with E-state index in [2.05, 4.69) is 6.58 Å². The highest BCUT2D eigenvalue weighted by Gasteiger charge is 2.14. The van der Waals surface area contributed by atoms with E-state index in [1.807, 2.05) is 18.2 Å². The van der Waals surface area contributed by atoms with Gasteiger partial charge in [-0.05, 0) is 30.5 Å². The first kappa shape index (κ1) is 11.0. The molecule has 3 heteroatoms. The molecule has 0 fully saturated rings. The highest BCUT2D eigenvalue weighted by molar-refractivity contribution is 5.44. The van der Waals surface area contributed by atoms with Crippen molar-refractivity contribution < 1.29 is 14.6 Å². The van der Waals surface area contributed by atoms with E-state index in [0.717, 1.165) is 23.5 Å². The summed E-state index contributed by atoms with van der Waals surface area (Å²) in [6, 6.07) is 5.57. The van der Waals surface area contributed by atoms with Gasteiger partial charge >= 0.3 is 0 Å². The average molecular weight is 220 g/mol. The molecular formula is C13H16O3. The number of hydrogen-bond acceptors (Lipinski definition) is 3. The van der Waals surface area contributed by atoms with Crippen molar-refractivity contribution in [1.29, 1.82) is 0 Å². The zero-order valence-corrected chi connectivity index (χ0v) is 9.19. The molecule has 1 aromatic rings. The molecule has 16 heavy (non-hydrogen) atoms. The average Bonchev–Trinajstić information content (AvgIpc) is 2.35. The Labute approximate surface area is 95.3 Å². The number of benzene rings is 1. The van der Waals surface area contributed by atoms with E-state index in [1.165, 1.54) is 0 Å². The number of hydrogen-bond donors (Lipinski definition) is 1. The zero-order chi connectivity index (χ0) is 11.4. The topological polar surface area (TPSA) is 38.7 Å². The number of aliphatic hydroxyl groups excluding tert-OH is 1. The monoisotopic (exact) mass is 220 g/mol. The molecule has 1 aliphatic rings. The molecule has 0 aliphatic carbocycles. The number of allylic oxidation sites excluding steroid dienone is 1. The maximum absolute atomic E-state index is 9.91. The molecule has 1 N–H and O–H groups in total. The SMILES string of the molecule is C=CCCC(O)c1ccc2c(c1)OCCO2. The van der Waals surface area contributed by atoms with Crippen LogP contribution in [-0.2, 0) is 0 Å². The minimum absolute atomic E-state index is 0.464. The first-order valence-corrected chi connectivity index (χ1v) is 5.50. The van der Waals surface area contributed by atoms with Crippen molar-refractivity contribution in [2.75, 3.05) is 13.2 Å². The zero-order valence-electron chi connectivity index (χ0n) is 9.19. The van der Waals surface area contributed by atoms with Gasteiger partial charge in [0.1, 0.15) is 13.2 Å². The maximum Gasteiger partial charge on any atom is 0.161 e. The second-order valence-corrected chi connectivity index (χ2v) is 3.78. The molecule has 0 saturated heterocycles. The van der Waals surface area contributed by atoms with E-state index in [4.69, 9.17) is 9.47 Å². The van der Waals surface area contributed by atoms with Gasteiger partial charge in [0.15, 0.2) is 11.5 Å². The first-order chi connectivity index (χ1) is 7.81. The van der Waals surface area contributed by atoms with Crippen LogP contribution in [0.4, 0.5) is 0 Å². The Bertz CT molecular complexity index is 373. The van der Waals surface area contributed by atoms with Crippen LogP contribution < -0.4 is 9.47 Å². The van der Waals surface area contributed by atoms with Gasteiger partial charge in [-0.2, -0.15) is 0 Å². The standard InChI is InChI=1S/C13H16O3/c1-2-3-4-11(14)10-5-6-12-13(9-10)16-8-7-15-12/h2,5-6,9,11,14H,1,3-4,7-8H2. The molecule has 0 aromatic heterocycles. The van der Waals surface area contributed by atoms with Crippen LogP contribution in [0, 0.1) is 0 Å². The van der Waals surface area contributed by atoms with Crippen molar-refractivity contribution in [3.05, 3.63) is 36.4 Å². The van der Waals surface area contributed by atoms with Gasteiger partial charge in [-0.15, -0.1) is 6.58 Å². The predicted molar refractivity (Wildman–Crippen MR) is 61.8 cm³/mol. The number of rotatable bonds is 4. The molecule has 86 valence electrons. The third kappa shape index (κ3) is 2.36. The van der Waals surface area contributed by atoms with Crippen LogP contribution >= 0.6 is 0 Å². The van der Waals surface area contributed by atoms with Gasteiger partial charge in [0.2, 0.25) is 0 Å². The summed E-state index contributed by atoms with van der Waals surface area (Å²) in [6.45, 7) is 4.80. The summed E-state index contributed by atoms with van der Waals surface area (Å²) in [7, 11) is 0. The summed E-state index contributed by atoms with van der Waals surface area (Å²) in [5.74, 6) is 1.48. The van der Waals surface area contributed by atoms with Gasteiger partial charge in [0.25, 0.3) is 0 Å². The van der Waals surface area contributed by atoms with E-state index in [9.17, 15) is 5.11 Å². The van der Waals surface area contributed by atoms with Gasteiger partial charge in [-0.3, -0.25) is 0 Å². The fourth-order valence-electron chi connectivity index (χ4n) is 1.71. The van der Waals surface area contributed by atoms with E-state index < -0.39 is 6.10 Å². The van der Waals surface area contributed by atoms with Crippen molar-refractivity contribution in [1.82, 2.24) is 0 Å². The van der Waals surface area contributed by atoms with E-state index >= 15 is 0 Å².